The van der Waals surface area contributed by atoms with E-state index in [2.05, 4.69) is 20.0 Å². The second-order valence-corrected chi connectivity index (χ2v) is 7.42. The Balaban J connectivity index is 1.74. The first kappa shape index (κ1) is 23.2. The summed E-state index contributed by atoms with van der Waals surface area (Å²) >= 11 is 0. The summed E-state index contributed by atoms with van der Waals surface area (Å²) in [7, 11) is 0. The quantitative estimate of drug-likeness (QED) is 0.464. The predicted molar refractivity (Wildman–Crippen MR) is 115 cm³/mol. The summed E-state index contributed by atoms with van der Waals surface area (Å²) in [5.41, 5.74) is 2.31. The van der Waals surface area contributed by atoms with Crippen LogP contribution >= 0.6 is 0 Å². The van der Waals surface area contributed by atoms with E-state index in [9.17, 15) is 26.7 Å². The first-order valence-electron chi connectivity index (χ1n) is 10.0. The van der Waals surface area contributed by atoms with Gasteiger partial charge in [-0.05, 0) is 43.3 Å². The van der Waals surface area contributed by atoms with E-state index in [4.69, 9.17) is 0 Å². The SMILES string of the molecule is Cc1ccc(N2Cc3cnc(NCC(F)(F)F)nc3N(c3ccc(OC(F)F)cc3)C2=O)cc1. The topological polar surface area (TPSA) is 70.6 Å². The van der Waals surface area contributed by atoms with E-state index in [0.717, 1.165) is 5.56 Å². The number of hydrogen-bond acceptors (Lipinski definition) is 5. The van der Waals surface area contributed by atoms with Crippen molar-refractivity contribution in [1.29, 1.82) is 0 Å². The molecule has 1 aromatic heterocycles. The molecule has 7 nitrogen and oxygen atoms in total. The third kappa shape index (κ3) is 5.16. The molecular weight excluding hydrogens is 461 g/mol. The van der Waals surface area contributed by atoms with Crippen LogP contribution in [0.2, 0.25) is 0 Å². The summed E-state index contributed by atoms with van der Waals surface area (Å²) in [5.74, 6) is -0.347. The Morgan fingerprint density at radius 1 is 1.06 bits per heavy atom. The number of alkyl halides is 5. The van der Waals surface area contributed by atoms with Gasteiger partial charge in [-0.25, -0.2) is 14.7 Å². The maximum absolute atomic E-state index is 13.5. The van der Waals surface area contributed by atoms with Gasteiger partial charge < -0.3 is 10.1 Å². The molecule has 0 fully saturated rings. The molecule has 1 aliphatic heterocycles. The molecule has 2 heterocycles. The maximum atomic E-state index is 13.5. The van der Waals surface area contributed by atoms with Crippen molar-refractivity contribution in [2.75, 3.05) is 21.7 Å². The number of fused-ring (bicyclic) bond motifs is 1. The molecule has 0 aliphatic carbocycles. The van der Waals surface area contributed by atoms with Crippen LogP contribution in [-0.4, -0.2) is 35.3 Å². The molecular formula is C22H18F5N5O2. The zero-order valence-corrected chi connectivity index (χ0v) is 17.7. The van der Waals surface area contributed by atoms with Gasteiger partial charge in [0.15, 0.2) is 5.82 Å². The Hall–Kier alpha value is -3.96. The number of nitrogens with zero attached hydrogens (tertiary/aromatic N) is 4. The molecule has 0 spiro atoms. The fourth-order valence-electron chi connectivity index (χ4n) is 3.35. The number of rotatable bonds is 6. The van der Waals surface area contributed by atoms with Gasteiger partial charge in [0.2, 0.25) is 5.95 Å². The highest BCUT2D eigenvalue weighted by atomic mass is 19.4. The van der Waals surface area contributed by atoms with Gasteiger partial charge in [0, 0.05) is 17.4 Å². The predicted octanol–water partition coefficient (Wildman–Crippen LogP) is 5.64. The highest BCUT2D eigenvalue weighted by molar-refractivity contribution is 6.10. The third-order valence-electron chi connectivity index (χ3n) is 4.92. The van der Waals surface area contributed by atoms with Crippen LogP contribution in [0.4, 0.5) is 49.9 Å². The standard InChI is InChI=1S/C22H18F5N5O2/c1-13-2-4-15(5-3-13)31-11-14-10-28-20(29-12-22(25,26)27)30-18(14)32(21(31)33)16-6-8-17(9-7-16)34-19(23)24/h2-10,19H,11-12H2,1H3,(H,28,29,30). The van der Waals surface area contributed by atoms with Crippen LogP contribution in [0, 0.1) is 6.92 Å². The van der Waals surface area contributed by atoms with Gasteiger partial charge in [0.05, 0.1) is 12.2 Å². The highest BCUT2D eigenvalue weighted by Crippen LogP contribution is 2.36. The normalized spacial score (nSPS) is 13.8. The van der Waals surface area contributed by atoms with Crippen molar-refractivity contribution in [1.82, 2.24) is 9.97 Å². The Morgan fingerprint density at radius 3 is 2.32 bits per heavy atom. The average Bonchev–Trinajstić information content (AvgIpc) is 2.78. The molecule has 4 rings (SSSR count). The van der Waals surface area contributed by atoms with Crippen molar-refractivity contribution in [3.05, 3.63) is 65.9 Å². The molecule has 12 heteroatoms. The Morgan fingerprint density at radius 2 is 1.71 bits per heavy atom. The number of halogens is 5. The van der Waals surface area contributed by atoms with Crippen LogP contribution in [0.25, 0.3) is 0 Å². The van der Waals surface area contributed by atoms with Gasteiger partial charge in [-0.15, -0.1) is 0 Å². The van der Waals surface area contributed by atoms with E-state index in [1.54, 1.807) is 12.1 Å². The van der Waals surface area contributed by atoms with Gasteiger partial charge in [-0.3, -0.25) is 4.90 Å². The van der Waals surface area contributed by atoms with Crippen LogP contribution in [-0.2, 0) is 6.54 Å². The minimum Gasteiger partial charge on any atom is -0.435 e. The van der Waals surface area contributed by atoms with Gasteiger partial charge in [-0.2, -0.15) is 26.9 Å². The number of amides is 2. The number of aryl methyl sites for hydroxylation is 1. The molecule has 0 bridgehead atoms. The summed E-state index contributed by atoms with van der Waals surface area (Å²) < 4.78 is 67.2. The molecule has 178 valence electrons. The van der Waals surface area contributed by atoms with Gasteiger partial charge in [0.25, 0.3) is 0 Å². The van der Waals surface area contributed by atoms with Gasteiger partial charge in [0.1, 0.15) is 12.3 Å². The number of nitrogens with one attached hydrogen (secondary N) is 1. The van der Waals surface area contributed by atoms with Crippen LogP contribution in [0.5, 0.6) is 5.75 Å². The summed E-state index contributed by atoms with van der Waals surface area (Å²) in [4.78, 5) is 24.2. The van der Waals surface area contributed by atoms with E-state index < -0.39 is 25.4 Å². The first-order chi connectivity index (χ1) is 16.1. The number of carbonyl (C=O) groups excluding carboxylic acids is 1. The Kier molecular flexibility index (Phi) is 6.22. The lowest BCUT2D eigenvalue weighted by Crippen LogP contribution is -2.45. The Bertz CT molecular complexity index is 1170. The average molecular weight is 479 g/mol. The lowest BCUT2D eigenvalue weighted by atomic mass is 10.1. The molecule has 0 unspecified atom stereocenters. The number of urea groups is 1. The second-order valence-electron chi connectivity index (χ2n) is 7.42. The lowest BCUT2D eigenvalue weighted by Gasteiger charge is -2.36. The smallest absolute Gasteiger partial charge is 0.405 e. The molecule has 3 aromatic rings. The van der Waals surface area contributed by atoms with Crippen molar-refractivity contribution in [2.45, 2.75) is 26.3 Å². The molecule has 1 aliphatic rings. The van der Waals surface area contributed by atoms with Crippen LogP contribution in [0.1, 0.15) is 11.1 Å². The van der Waals surface area contributed by atoms with Crippen molar-refractivity contribution < 1.29 is 31.5 Å². The van der Waals surface area contributed by atoms with E-state index in [-0.39, 0.29) is 29.7 Å². The summed E-state index contributed by atoms with van der Waals surface area (Å²) in [6, 6.07) is 11.9. The fourth-order valence-corrected chi connectivity index (χ4v) is 3.35. The largest absolute Gasteiger partial charge is 0.435 e. The first-order valence-corrected chi connectivity index (χ1v) is 10.0. The van der Waals surface area contributed by atoms with E-state index >= 15 is 0 Å². The molecule has 34 heavy (non-hydrogen) atoms. The van der Waals surface area contributed by atoms with E-state index in [1.165, 1.54) is 40.3 Å². The molecule has 2 amide bonds. The number of anilines is 4. The van der Waals surface area contributed by atoms with Gasteiger partial charge >= 0.3 is 18.8 Å². The van der Waals surface area contributed by atoms with Crippen molar-refractivity contribution in [3.63, 3.8) is 0 Å². The van der Waals surface area contributed by atoms with Crippen LogP contribution in [0.15, 0.2) is 54.7 Å². The minimum absolute atomic E-state index is 0.0792. The number of ether oxygens (including phenoxy) is 1. The van der Waals surface area contributed by atoms with Crippen molar-refractivity contribution in [2.24, 2.45) is 0 Å². The van der Waals surface area contributed by atoms with E-state index in [1.807, 2.05) is 19.1 Å². The number of carbonyl (C=O) groups is 1. The number of aromatic nitrogens is 2. The van der Waals surface area contributed by atoms with Gasteiger partial charge in [-0.1, -0.05) is 17.7 Å². The van der Waals surface area contributed by atoms with Crippen LogP contribution < -0.4 is 19.9 Å². The summed E-state index contributed by atoms with van der Waals surface area (Å²) in [5, 5.41) is 2.10. The molecule has 2 aromatic carbocycles. The summed E-state index contributed by atoms with van der Waals surface area (Å²) in [6.07, 6.45) is -3.15. The highest BCUT2D eigenvalue weighted by Gasteiger charge is 2.35. The number of benzene rings is 2. The molecule has 0 saturated heterocycles. The molecule has 0 radical (unpaired) electrons. The Labute approximate surface area is 190 Å². The van der Waals surface area contributed by atoms with Crippen LogP contribution in [0.3, 0.4) is 0 Å². The molecule has 0 saturated carbocycles. The lowest BCUT2D eigenvalue weighted by molar-refractivity contribution is -0.115. The van der Waals surface area contributed by atoms with Crippen molar-refractivity contribution in [3.8, 4) is 5.75 Å². The van der Waals surface area contributed by atoms with E-state index in [0.29, 0.717) is 11.3 Å². The second kappa shape index (κ2) is 9.12. The number of hydrogen-bond donors (Lipinski definition) is 1. The minimum atomic E-state index is -4.49. The maximum Gasteiger partial charge on any atom is 0.405 e. The summed E-state index contributed by atoms with van der Waals surface area (Å²) in [6.45, 7) is -2.39. The zero-order valence-electron chi connectivity index (χ0n) is 17.7. The third-order valence-corrected chi connectivity index (χ3v) is 4.92. The van der Waals surface area contributed by atoms with Crippen molar-refractivity contribution >= 4 is 29.2 Å². The monoisotopic (exact) mass is 479 g/mol. The fraction of sp³-hybridized carbons (Fsp3) is 0.227. The molecule has 0 atom stereocenters. The molecule has 1 N–H and O–H groups in total. The zero-order chi connectivity index (χ0) is 24.5.